The van der Waals surface area contributed by atoms with Crippen LogP contribution in [0, 0.1) is 0 Å². The minimum Gasteiger partial charge on any atom is -0.481 e. The Morgan fingerprint density at radius 3 is 2.64 bits per heavy atom. The molecule has 3 rings (SSSR count). The summed E-state index contributed by atoms with van der Waals surface area (Å²) in [6, 6.07) is 16.3. The van der Waals surface area contributed by atoms with Crippen molar-refractivity contribution in [2.45, 2.75) is 0 Å². The number of aliphatic carboxylic acids is 1. The third-order valence-corrected chi connectivity index (χ3v) is 4.10. The molecular weight excluding hydrogens is 340 g/mol. The van der Waals surface area contributed by atoms with Crippen LogP contribution in [-0.4, -0.2) is 28.8 Å². The Morgan fingerprint density at radius 1 is 1.16 bits per heavy atom. The maximum Gasteiger partial charge on any atom is 0.341 e. The van der Waals surface area contributed by atoms with Gasteiger partial charge in [0.15, 0.2) is 11.8 Å². The minimum atomic E-state index is -1.06. The first-order chi connectivity index (χ1) is 12.1. The highest BCUT2D eigenvalue weighted by molar-refractivity contribution is 8.18. The minimum absolute atomic E-state index is 0.257. The number of thioether (sulfide) groups is 1. The van der Waals surface area contributed by atoms with Gasteiger partial charge in [-0.2, -0.15) is 0 Å². The molecule has 0 bridgehead atoms. The second kappa shape index (κ2) is 7.67. The number of carbonyl (C=O) groups excluding carboxylic acids is 1. The highest BCUT2D eigenvalue weighted by atomic mass is 32.2. The molecule has 7 heteroatoms. The summed E-state index contributed by atoms with van der Waals surface area (Å²) in [7, 11) is 0. The van der Waals surface area contributed by atoms with Crippen LogP contribution in [0.5, 0.6) is 5.75 Å². The van der Waals surface area contributed by atoms with Gasteiger partial charge in [0.1, 0.15) is 5.75 Å². The SMILES string of the molecule is O=C(O)COc1ccccc1/C=C1\SC(=Nc2ccccc2)NC1=O. The number of hydrogen-bond acceptors (Lipinski definition) is 5. The average Bonchev–Trinajstić information content (AvgIpc) is 2.94. The molecule has 1 amide bonds. The summed E-state index contributed by atoms with van der Waals surface area (Å²) in [5.74, 6) is -0.917. The monoisotopic (exact) mass is 354 g/mol. The van der Waals surface area contributed by atoms with Crippen LogP contribution in [0.15, 0.2) is 64.5 Å². The van der Waals surface area contributed by atoms with Crippen molar-refractivity contribution in [3.63, 3.8) is 0 Å². The van der Waals surface area contributed by atoms with Crippen LogP contribution < -0.4 is 10.1 Å². The van der Waals surface area contributed by atoms with Crippen LogP contribution in [0.2, 0.25) is 0 Å². The van der Waals surface area contributed by atoms with Crippen molar-refractivity contribution in [2.75, 3.05) is 6.61 Å². The molecule has 1 heterocycles. The molecule has 0 aliphatic carbocycles. The van der Waals surface area contributed by atoms with Gasteiger partial charge in [-0.3, -0.25) is 4.79 Å². The van der Waals surface area contributed by atoms with Gasteiger partial charge >= 0.3 is 5.97 Å². The van der Waals surface area contributed by atoms with Gasteiger partial charge < -0.3 is 15.2 Å². The lowest BCUT2D eigenvalue weighted by molar-refractivity contribution is -0.139. The lowest BCUT2D eigenvalue weighted by Gasteiger charge is -2.06. The smallest absolute Gasteiger partial charge is 0.341 e. The molecule has 6 nitrogen and oxygen atoms in total. The number of aliphatic imine (C=N–C) groups is 1. The van der Waals surface area contributed by atoms with Gasteiger partial charge in [-0.1, -0.05) is 36.4 Å². The molecule has 0 aromatic heterocycles. The number of nitrogens with one attached hydrogen (secondary N) is 1. The van der Waals surface area contributed by atoms with E-state index in [0.29, 0.717) is 21.4 Å². The number of ether oxygens (including phenoxy) is 1. The second-order valence-electron chi connectivity index (χ2n) is 5.04. The van der Waals surface area contributed by atoms with E-state index in [2.05, 4.69) is 10.3 Å². The van der Waals surface area contributed by atoms with Crippen LogP contribution in [0.4, 0.5) is 5.69 Å². The van der Waals surface area contributed by atoms with E-state index in [9.17, 15) is 9.59 Å². The van der Waals surface area contributed by atoms with Crippen molar-refractivity contribution < 1.29 is 19.4 Å². The highest BCUT2D eigenvalue weighted by Gasteiger charge is 2.24. The Hall–Kier alpha value is -3.06. The van der Waals surface area contributed by atoms with Crippen molar-refractivity contribution in [1.29, 1.82) is 0 Å². The van der Waals surface area contributed by atoms with Gasteiger partial charge in [-0.15, -0.1) is 0 Å². The fourth-order valence-electron chi connectivity index (χ4n) is 2.11. The fraction of sp³-hybridized carbons (Fsp3) is 0.0556. The van der Waals surface area contributed by atoms with Crippen LogP contribution in [0.3, 0.4) is 0 Å². The molecule has 2 aromatic rings. The van der Waals surface area contributed by atoms with Crippen molar-refractivity contribution in [1.82, 2.24) is 5.32 Å². The molecular formula is C18H14N2O4S. The number of para-hydroxylation sites is 2. The van der Waals surface area contributed by atoms with Gasteiger partial charge in [0.25, 0.3) is 5.91 Å². The lowest BCUT2D eigenvalue weighted by Crippen LogP contribution is -2.19. The molecule has 0 saturated carbocycles. The van der Waals surface area contributed by atoms with Crippen LogP contribution >= 0.6 is 11.8 Å². The average molecular weight is 354 g/mol. The molecule has 1 aliphatic rings. The third-order valence-electron chi connectivity index (χ3n) is 3.19. The molecule has 2 aromatic carbocycles. The number of carbonyl (C=O) groups is 2. The van der Waals surface area contributed by atoms with Crippen LogP contribution in [-0.2, 0) is 9.59 Å². The van der Waals surface area contributed by atoms with Crippen LogP contribution in [0.25, 0.3) is 6.08 Å². The molecule has 25 heavy (non-hydrogen) atoms. The Balaban J connectivity index is 1.81. The molecule has 2 N–H and O–H groups in total. The van der Waals surface area contributed by atoms with E-state index in [1.54, 1.807) is 30.3 Å². The third kappa shape index (κ3) is 4.48. The highest BCUT2D eigenvalue weighted by Crippen LogP contribution is 2.30. The fourth-order valence-corrected chi connectivity index (χ4v) is 2.94. The van der Waals surface area contributed by atoms with E-state index in [1.165, 1.54) is 11.8 Å². The number of nitrogens with zero attached hydrogens (tertiary/aromatic N) is 1. The number of rotatable bonds is 5. The molecule has 0 unspecified atom stereocenters. The van der Waals surface area contributed by atoms with Gasteiger partial charge in [-0.25, -0.2) is 9.79 Å². The summed E-state index contributed by atoms with van der Waals surface area (Å²) in [6.07, 6.45) is 1.66. The predicted molar refractivity (Wildman–Crippen MR) is 96.8 cm³/mol. The van der Waals surface area contributed by atoms with Gasteiger partial charge in [0, 0.05) is 5.56 Å². The molecule has 0 radical (unpaired) electrons. The second-order valence-corrected chi connectivity index (χ2v) is 6.07. The molecule has 1 fully saturated rings. The Labute approximate surface area is 148 Å². The summed E-state index contributed by atoms with van der Waals surface area (Å²) >= 11 is 1.22. The van der Waals surface area contributed by atoms with Crippen molar-refractivity contribution >= 4 is 40.6 Å². The Bertz CT molecular complexity index is 862. The summed E-state index contributed by atoms with van der Waals surface area (Å²) in [4.78, 5) is 27.7. The van der Waals surface area contributed by atoms with E-state index >= 15 is 0 Å². The van der Waals surface area contributed by atoms with Gasteiger partial charge in [0.2, 0.25) is 0 Å². The number of carboxylic acid groups (broad SMARTS) is 1. The van der Waals surface area contributed by atoms with Crippen molar-refractivity contribution in [3.8, 4) is 5.75 Å². The summed E-state index contributed by atoms with van der Waals surface area (Å²) < 4.78 is 5.25. The summed E-state index contributed by atoms with van der Waals surface area (Å²) in [5.41, 5.74) is 1.37. The standard InChI is InChI=1S/C18H14N2O4S/c21-16(22)11-24-14-9-5-4-6-12(14)10-15-17(23)20-18(25-15)19-13-7-2-1-3-8-13/h1-10H,11H2,(H,21,22)(H,19,20,23)/b15-10-. The predicted octanol–water partition coefficient (Wildman–Crippen LogP) is 3.04. The zero-order chi connectivity index (χ0) is 17.6. The molecule has 0 spiro atoms. The topological polar surface area (TPSA) is 88.0 Å². The number of amides is 1. The molecule has 1 aliphatic heterocycles. The number of benzene rings is 2. The molecule has 126 valence electrons. The van der Waals surface area contributed by atoms with Gasteiger partial charge in [0.05, 0.1) is 10.6 Å². The summed E-state index contributed by atoms with van der Waals surface area (Å²) in [5, 5.41) is 11.9. The maximum atomic E-state index is 12.1. The van der Waals surface area contributed by atoms with E-state index in [-0.39, 0.29) is 5.91 Å². The summed E-state index contributed by atoms with van der Waals surface area (Å²) in [6.45, 7) is -0.444. The molecule has 0 atom stereocenters. The number of amidine groups is 1. The zero-order valence-electron chi connectivity index (χ0n) is 13.0. The van der Waals surface area contributed by atoms with E-state index < -0.39 is 12.6 Å². The number of carboxylic acids is 1. The normalized spacial score (nSPS) is 16.9. The van der Waals surface area contributed by atoms with Crippen molar-refractivity contribution in [3.05, 3.63) is 65.1 Å². The van der Waals surface area contributed by atoms with E-state index in [4.69, 9.17) is 9.84 Å². The zero-order valence-corrected chi connectivity index (χ0v) is 13.8. The quantitative estimate of drug-likeness (QED) is 0.806. The van der Waals surface area contributed by atoms with Crippen molar-refractivity contribution in [2.24, 2.45) is 4.99 Å². The largest absolute Gasteiger partial charge is 0.481 e. The Kier molecular flexibility index (Phi) is 5.15. The first kappa shape index (κ1) is 16.8. The van der Waals surface area contributed by atoms with Gasteiger partial charge in [-0.05, 0) is 36.0 Å². The van der Waals surface area contributed by atoms with E-state index in [1.807, 2.05) is 30.3 Å². The first-order valence-electron chi connectivity index (χ1n) is 7.40. The van der Waals surface area contributed by atoms with Crippen LogP contribution in [0.1, 0.15) is 5.56 Å². The van der Waals surface area contributed by atoms with E-state index in [0.717, 1.165) is 5.69 Å². The number of hydrogen-bond donors (Lipinski definition) is 2. The lowest BCUT2D eigenvalue weighted by atomic mass is 10.2. The molecule has 1 saturated heterocycles. The Morgan fingerprint density at radius 2 is 1.88 bits per heavy atom. The first-order valence-corrected chi connectivity index (χ1v) is 8.22. The maximum absolute atomic E-state index is 12.1.